The van der Waals surface area contributed by atoms with Crippen LogP contribution in [0.5, 0.6) is 0 Å². The Kier molecular flexibility index (Phi) is 16.6. The van der Waals surface area contributed by atoms with E-state index >= 15 is 0 Å². The zero-order valence-electron chi connectivity index (χ0n) is 7.87. The predicted octanol–water partition coefficient (Wildman–Crippen LogP) is 1.90. The van der Waals surface area contributed by atoms with E-state index in [4.69, 9.17) is 22.1 Å². The molecular formula is KN12NaSi. The van der Waals surface area contributed by atoms with Crippen molar-refractivity contribution >= 4 is 89.7 Å². The van der Waals surface area contributed by atoms with E-state index in [1.54, 1.807) is 0 Å². The molecule has 0 aliphatic heterocycles. The smallest absolute Gasteiger partial charge is 0.104 e. The van der Waals surface area contributed by atoms with E-state index in [1.165, 1.54) is 0 Å². The maximum absolute atomic E-state index is 8.02. The molecule has 0 spiro atoms. The van der Waals surface area contributed by atoms with Gasteiger partial charge in [0.1, 0.15) is 0 Å². The van der Waals surface area contributed by atoms with E-state index in [0.29, 0.717) is 0 Å². The van der Waals surface area contributed by atoms with E-state index in [-0.39, 0.29) is 80.9 Å². The minimum absolute atomic E-state index is 0. The molecule has 0 aromatic carbocycles. The number of rotatable bonds is 4. The van der Waals surface area contributed by atoms with Crippen molar-refractivity contribution in [3.05, 3.63) is 41.8 Å². The fourth-order valence-corrected chi connectivity index (χ4v) is 1.08. The molecule has 0 bridgehead atoms. The Balaban J connectivity index is -0.000000720. The van der Waals surface area contributed by atoms with Crippen LogP contribution < -0.4 is 0 Å². The summed E-state index contributed by atoms with van der Waals surface area (Å²) in [6.07, 6.45) is 0. The molecule has 66 valence electrons. The molecule has 0 saturated heterocycles. The summed E-state index contributed by atoms with van der Waals surface area (Å²) >= 11 is 0. The first-order valence-corrected chi connectivity index (χ1v) is 4.28. The second-order valence-corrected chi connectivity index (χ2v) is 3.36. The Morgan fingerprint density at radius 3 is 1.00 bits per heavy atom. The predicted molar refractivity (Wildman–Crippen MR) is 53.8 cm³/mol. The molecular weight excluding hydrogens is 258 g/mol. The minimum Gasteiger partial charge on any atom is -0.104 e. The fraction of sp³-hybridized carbons (Fsp3) is 0. The summed E-state index contributed by atoms with van der Waals surface area (Å²) in [5, 5.41) is 0. The van der Waals surface area contributed by atoms with Gasteiger partial charge in [0, 0.05) is 80.9 Å². The van der Waals surface area contributed by atoms with Crippen molar-refractivity contribution in [1.29, 1.82) is 0 Å². The van der Waals surface area contributed by atoms with Crippen LogP contribution in [0, 0.1) is 0 Å². The Bertz CT molecular complexity index is 295. The van der Waals surface area contributed by atoms with Gasteiger partial charge in [0.15, 0.2) is 0 Å². The molecule has 12 nitrogen and oxygen atoms in total. The maximum Gasteiger partial charge on any atom is 0.441 e. The summed E-state index contributed by atoms with van der Waals surface area (Å²) in [6, 6.07) is 0. The Hall–Kier alpha value is 0.0932. The minimum atomic E-state index is -3.96. The first kappa shape index (κ1) is 20.5. The molecule has 0 amide bonds. The number of azide groups is 1. The van der Waals surface area contributed by atoms with Gasteiger partial charge in [-0.3, -0.25) is 0 Å². The zero-order valence-corrected chi connectivity index (χ0v) is 14.0. The zero-order chi connectivity index (χ0) is 10.2. The molecule has 0 saturated carbocycles. The van der Waals surface area contributed by atoms with E-state index < -0.39 is 8.72 Å². The Morgan fingerprint density at radius 2 is 0.867 bits per heavy atom. The van der Waals surface area contributed by atoms with Gasteiger partial charge in [-0.2, -0.15) is 0 Å². The van der Waals surface area contributed by atoms with Crippen LogP contribution in [0.15, 0.2) is 19.1 Å². The molecule has 0 N–H and O–H groups in total. The van der Waals surface area contributed by atoms with Gasteiger partial charge in [0.05, 0.1) is 0 Å². The molecule has 15 heavy (non-hydrogen) atoms. The van der Waals surface area contributed by atoms with Gasteiger partial charge in [-0.25, -0.2) is 0 Å². The third-order valence-electron chi connectivity index (χ3n) is 0.716. The second kappa shape index (κ2) is 12.2. The summed E-state index contributed by atoms with van der Waals surface area (Å²) in [7, 11) is -3.96. The molecule has 0 fully saturated rings. The van der Waals surface area contributed by atoms with Crippen LogP contribution in [0.1, 0.15) is 0 Å². The molecule has 0 heterocycles. The average Bonchev–Trinajstić information content (AvgIpc) is 2.06. The third kappa shape index (κ3) is 7.96. The molecule has 15 heteroatoms. The molecule has 0 aromatic heterocycles. The molecule has 0 aromatic rings. The van der Waals surface area contributed by atoms with E-state index in [0.717, 1.165) is 0 Å². The van der Waals surface area contributed by atoms with Crippen molar-refractivity contribution < 1.29 is 0 Å². The summed E-state index contributed by atoms with van der Waals surface area (Å²) in [5.74, 6) is 0. The van der Waals surface area contributed by atoms with Gasteiger partial charge in [-0.1, -0.05) is 0 Å². The molecule has 0 atom stereocenters. The standard InChI is InChI=1S/K.N12Si.Na/c;1-5-9-13(10-6-2,11-7-3)12-8-4;. The molecule has 0 unspecified atom stereocenters. The number of nitrogens with zero attached hydrogens (tertiary/aromatic N) is 12. The quantitative estimate of drug-likeness (QED) is 0.307. The van der Waals surface area contributed by atoms with Crippen LogP contribution in [-0.2, 0) is 0 Å². The maximum atomic E-state index is 8.02. The second-order valence-electron chi connectivity index (χ2n) is 1.36. The van der Waals surface area contributed by atoms with Gasteiger partial charge in [-0.15, -0.1) is 19.1 Å². The number of hydrogen-bond acceptors (Lipinski definition) is 4. The topological polar surface area (TPSA) is 195 Å². The Morgan fingerprint density at radius 1 is 0.667 bits per heavy atom. The van der Waals surface area contributed by atoms with Crippen LogP contribution in [0.3, 0.4) is 0 Å². The van der Waals surface area contributed by atoms with Gasteiger partial charge in [0.2, 0.25) is 0 Å². The van der Waals surface area contributed by atoms with Crippen LogP contribution in [0.2, 0.25) is 0 Å². The number of hydrogen-bond donors (Lipinski definition) is 0. The average molecular weight is 258 g/mol. The van der Waals surface area contributed by atoms with Crippen molar-refractivity contribution in [3.63, 3.8) is 0 Å². The van der Waals surface area contributed by atoms with E-state index in [2.05, 4.69) is 38.8 Å². The third-order valence-corrected chi connectivity index (χ3v) is 2.15. The van der Waals surface area contributed by atoms with Crippen LogP contribution in [-0.4, -0.2) is 89.7 Å². The van der Waals surface area contributed by atoms with Crippen molar-refractivity contribution in [2.24, 2.45) is 19.1 Å². The molecule has 0 aliphatic rings. The molecule has 0 rings (SSSR count). The Labute approximate surface area is 148 Å². The van der Waals surface area contributed by atoms with Crippen LogP contribution >= 0.6 is 0 Å². The van der Waals surface area contributed by atoms with E-state index in [9.17, 15) is 0 Å². The fourth-order valence-electron chi connectivity index (χ4n) is 0.360. The first-order valence-electron chi connectivity index (χ1n) is 2.49. The molecule has 2 radical (unpaired) electrons. The summed E-state index contributed by atoms with van der Waals surface area (Å²) in [4.78, 5) is 9.02. The van der Waals surface area contributed by atoms with Gasteiger partial charge < -0.3 is 0 Å². The van der Waals surface area contributed by atoms with E-state index in [1.807, 2.05) is 0 Å². The normalized spacial score (nSPS) is 10.1. The van der Waals surface area contributed by atoms with Crippen molar-refractivity contribution in [2.45, 2.75) is 0 Å². The van der Waals surface area contributed by atoms with Crippen molar-refractivity contribution in [2.75, 3.05) is 0 Å². The first-order chi connectivity index (χ1) is 6.24. The van der Waals surface area contributed by atoms with Gasteiger partial charge >= 0.3 is 8.72 Å². The van der Waals surface area contributed by atoms with Crippen molar-refractivity contribution in [1.82, 2.24) is 0 Å². The van der Waals surface area contributed by atoms with Crippen LogP contribution in [0.25, 0.3) is 41.8 Å². The summed E-state index contributed by atoms with van der Waals surface area (Å²) in [5.41, 5.74) is 32.1. The molecule has 0 aliphatic carbocycles. The van der Waals surface area contributed by atoms with Crippen LogP contribution in [0.4, 0.5) is 0 Å². The van der Waals surface area contributed by atoms with Crippen molar-refractivity contribution in [3.8, 4) is 0 Å². The van der Waals surface area contributed by atoms with Gasteiger partial charge in [0.25, 0.3) is 0 Å². The SMILES string of the molecule is [K].[N-]=[N+]=N[Si](N=[N+]=[N-])(N=[N+]=[N-])N=[N+]=[N-].[Na]. The largest absolute Gasteiger partial charge is 0.441 e. The summed E-state index contributed by atoms with van der Waals surface area (Å²) in [6.45, 7) is 0. The summed E-state index contributed by atoms with van der Waals surface area (Å²) < 4.78 is 11.5. The van der Waals surface area contributed by atoms with Gasteiger partial charge in [-0.05, 0) is 41.8 Å². The monoisotopic (exact) mass is 258 g/mol.